The van der Waals surface area contributed by atoms with Crippen LogP contribution in [-0.2, 0) is 13.0 Å². The molecule has 1 atom stereocenters. The summed E-state index contributed by atoms with van der Waals surface area (Å²) in [6.07, 6.45) is 5.20. The number of fused-ring (bicyclic) bond motifs is 1. The standard InChI is InChI=1S/C17H27N3/c18-9-8-15-4-6-16(7-5-15)13-19-11-12-20-10-2-1-3-17(20)14-19/h4-7,17H,1-3,8-14,18H2. The third-order valence-corrected chi connectivity index (χ3v) is 4.78. The number of piperidine rings is 1. The number of benzene rings is 1. The SMILES string of the molecule is NCCc1ccc(CN2CCN3CCCCC3C2)cc1. The summed E-state index contributed by atoms with van der Waals surface area (Å²) in [6.45, 7) is 6.91. The Morgan fingerprint density at radius 2 is 1.80 bits per heavy atom. The maximum atomic E-state index is 5.60. The normalized spacial score (nSPS) is 24.6. The highest BCUT2D eigenvalue weighted by Crippen LogP contribution is 2.22. The van der Waals surface area contributed by atoms with Crippen molar-refractivity contribution in [3.05, 3.63) is 35.4 Å². The van der Waals surface area contributed by atoms with E-state index in [2.05, 4.69) is 34.1 Å². The first-order valence-corrected chi connectivity index (χ1v) is 8.09. The van der Waals surface area contributed by atoms with Gasteiger partial charge in [-0.3, -0.25) is 9.80 Å². The van der Waals surface area contributed by atoms with E-state index in [-0.39, 0.29) is 0 Å². The molecule has 2 aliphatic rings. The smallest absolute Gasteiger partial charge is 0.0234 e. The minimum atomic E-state index is 0.739. The molecule has 2 fully saturated rings. The summed E-state index contributed by atoms with van der Waals surface area (Å²) in [4.78, 5) is 5.33. The van der Waals surface area contributed by atoms with Crippen LogP contribution in [0, 0.1) is 0 Å². The van der Waals surface area contributed by atoms with E-state index in [1.807, 2.05) is 0 Å². The molecular formula is C17H27N3. The van der Waals surface area contributed by atoms with Gasteiger partial charge >= 0.3 is 0 Å². The molecule has 3 nitrogen and oxygen atoms in total. The Bertz CT molecular complexity index is 415. The molecule has 0 amide bonds. The molecule has 2 N–H and O–H groups in total. The van der Waals surface area contributed by atoms with Gasteiger partial charge in [0.25, 0.3) is 0 Å². The van der Waals surface area contributed by atoms with Crippen LogP contribution in [0.4, 0.5) is 0 Å². The molecule has 3 rings (SSSR count). The zero-order valence-electron chi connectivity index (χ0n) is 12.4. The number of piperazine rings is 1. The van der Waals surface area contributed by atoms with E-state index in [1.54, 1.807) is 0 Å². The Morgan fingerprint density at radius 3 is 2.60 bits per heavy atom. The van der Waals surface area contributed by atoms with Crippen LogP contribution >= 0.6 is 0 Å². The van der Waals surface area contributed by atoms with Gasteiger partial charge in [-0.05, 0) is 43.5 Å². The van der Waals surface area contributed by atoms with E-state index >= 15 is 0 Å². The minimum absolute atomic E-state index is 0.739. The van der Waals surface area contributed by atoms with E-state index in [4.69, 9.17) is 5.73 Å². The second-order valence-corrected chi connectivity index (χ2v) is 6.28. The number of nitrogens with two attached hydrogens (primary N) is 1. The number of rotatable bonds is 4. The lowest BCUT2D eigenvalue weighted by atomic mass is 9.99. The molecule has 20 heavy (non-hydrogen) atoms. The predicted octanol–water partition coefficient (Wildman–Crippen LogP) is 1.86. The number of hydrogen-bond acceptors (Lipinski definition) is 3. The summed E-state index contributed by atoms with van der Waals surface area (Å²) in [5.41, 5.74) is 8.39. The van der Waals surface area contributed by atoms with Crippen molar-refractivity contribution in [2.24, 2.45) is 5.73 Å². The van der Waals surface area contributed by atoms with Crippen molar-refractivity contribution in [1.82, 2.24) is 9.80 Å². The van der Waals surface area contributed by atoms with Crippen LogP contribution in [0.1, 0.15) is 30.4 Å². The first kappa shape index (κ1) is 14.1. The molecule has 110 valence electrons. The zero-order valence-corrected chi connectivity index (χ0v) is 12.4. The van der Waals surface area contributed by atoms with E-state index in [9.17, 15) is 0 Å². The van der Waals surface area contributed by atoms with Crippen molar-refractivity contribution in [3.8, 4) is 0 Å². The molecule has 0 bridgehead atoms. The molecule has 0 aromatic heterocycles. The van der Waals surface area contributed by atoms with Crippen molar-refractivity contribution in [3.63, 3.8) is 0 Å². The van der Waals surface area contributed by atoms with Gasteiger partial charge in [-0.25, -0.2) is 0 Å². The van der Waals surface area contributed by atoms with Crippen LogP contribution in [0.15, 0.2) is 24.3 Å². The molecule has 1 aromatic rings. The molecule has 3 heteroatoms. The van der Waals surface area contributed by atoms with Crippen LogP contribution in [0.3, 0.4) is 0 Å². The molecule has 0 saturated carbocycles. The Hall–Kier alpha value is -0.900. The van der Waals surface area contributed by atoms with Gasteiger partial charge in [-0.15, -0.1) is 0 Å². The maximum Gasteiger partial charge on any atom is 0.0234 e. The molecule has 1 unspecified atom stereocenters. The maximum absolute atomic E-state index is 5.60. The molecule has 0 radical (unpaired) electrons. The lowest BCUT2D eigenvalue weighted by molar-refractivity contribution is 0.0457. The van der Waals surface area contributed by atoms with Gasteiger partial charge in [0.15, 0.2) is 0 Å². The van der Waals surface area contributed by atoms with Gasteiger partial charge in [-0.2, -0.15) is 0 Å². The largest absolute Gasteiger partial charge is 0.330 e. The molecular weight excluding hydrogens is 246 g/mol. The van der Waals surface area contributed by atoms with Gasteiger partial charge < -0.3 is 5.73 Å². The summed E-state index contributed by atoms with van der Waals surface area (Å²) in [6, 6.07) is 9.84. The second-order valence-electron chi connectivity index (χ2n) is 6.28. The van der Waals surface area contributed by atoms with Gasteiger partial charge in [0.1, 0.15) is 0 Å². The first-order valence-electron chi connectivity index (χ1n) is 8.09. The number of nitrogens with zero attached hydrogens (tertiary/aromatic N) is 2. The quantitative estimate of drug-likeness (QED) is 0.909. The van der Waals surface area contributed by atoms with Crippen LogP contribution in [0.2, 0.25) is 0 Å². The molecule has 2 aliphatic heterocycles. The summed E-state index contributed by atoms with van der Waals surface area (Å²) in [5, 5.41) is 0. The van der Waals surface area contributed by atoms with E-state index in [0.717, 1.165) is 25.6 Å². The van der Waals surface area contributed by atoms with Crippen molar-refractivity contribution >= 4 is 0 Å². The highest BCUT2D eigenvalue weighted by Gasteiger charge is 2.28. The molecule has 0 aliphatic carbocycles. The van der Waals surface area contributed by atoms with Gasteiger partial charge in [0, 0.05) is 32.2 Å². The lowest BCUT2D eigenvalue weighted by Gasteiger charge is -2.44. The summed E-state index contributed by atoms with van der Waals surface area (Å²) in [7, 11) is 0. The van der Waals surface area contributed by atoms with Crippen molar-refractivity contribution in [2.45, 2.75) is 38.3 Å². The third kappa shape index (κ3) is 3.40. The Labute approximate surface area is 122 Å². The minimum Gasteiger partial charge on any atom is -0.330 e. The summed E-state index contributed by atoms with van der Waals surface area (Å²) in [5.74, 6) is 0. The highest BCUT2D eigenvalue weighted by molar-refractivity contribution is 5.22. The molecule has 2 heterocycles. The van der Waals surface area contributed by atoms with Crippen LogP contribution < -0.4 is 5.73 Å². The zero-order chi connectivity index (χ0) is 13.8. The van der Waals surface area contributed by atoms with Crippen molar-refractivity contribution < 1.29 is 0 Å². The predicted molar refractivity (Wildman–Crippen MR) is 83.7 cm³/mol. The highest BCUT2D eigenvalue weighted by atomic mass is 15.3. The van der Waals surface area contributed by atoms with E-state index in [1.165, 1.54) is 56.6 Å². The van der Waals surface area contributed by atoms with Crippen molar-refractivity contribution in [1.29, 1.82) is 0 Å². The fourth-order valence-electron chi connectivity index (χ4n) is 3.60. The topological polar surface area (TPSA) is 32.5 Å². The van der Waals surface area contributed by atoms with E-state index in [0.29, 0.717) is 0 Å². The van der Waals surface area contributed by atoms with Gasteiger partial charge in [-0.1, -0.05) is 30.7 Å². The first-order chi connectivity index (χ1) is 9.85. The fraction of sp³-hybridized carbons (Fsp3) is 0.647. The van der Waals surface area contributed by atoms with Crippen LogP contribution in [-0.4, -0.2) is 48.6 Å². The van der Waals surface area contributed by atoms with Gasteiger partial charge in [0.2, 0.25) is 0 Å². The monoisotopic (exact) mass is 273 g/mol. The van der Waals surface area contributed by atoms with E-state index < -0.39 is 0 Å². The Morgan fingerprint density at radius 1 is 1.00 bits per heavy atom. The Kier molecular flexibility index (Phi) is 4.71. The molecule has 2 saturated heterocycles. The van der Waals surface area contributed by atoms with Crippen molar-refractivity contribution in [2.75, 3.05) is 32.7 Å². The van der Waals surface area contributed by atoms with Gasteiger partial charge in [0.05, 0.1) is 0 Å². The number of hydrogen-bond donors (Lipinski definition) is 1. The Balaban J connectivity index is 1.55. The molecule has 0 spiro atoms. The third-order valence-electron chi connectivity index (χ3n) is 4.78. The average Bonchev–Trinajstić information content (AvgIpc) is 2.49. The average molecular weight is 273 g/mol. The lowest BCUT2D eigenvalue weighted by Crippen LogP contribution is -2.54. The second kappa shape index (κ2) is 6.70. The van der Waals surface area contributed by atoms with Crippen LogP contribution in [0.5, 0.6) is 0 Å². The van der Waals surface area contributed by atoms with Crippen LogP contribution in [0.25, 0.3) is 0 Å². The summed E-state index contributed by atoms with van der Waals surface area (Å²) >= 11 is 0. The molecule has 1 aromatic carbocycles. The summed E-state index contributed by atoms with van der Waals surface area (Å²) < 4.78 is 0. The fourth-order valence-corrected chi connectivity index (χ4v) is 3.60.